The highest BCUT2D eigenvalue weighted by Crippen LogP contribution is 2.52. The van der Waals surface area contributed by atoms with Crippen LogP contribution >= 0.6 is 0 Å². The zero-order chi connectivity index (χ0) is 21.9. The molecule has 1 saturated heterocycles. The van der Waals surface area contributed by atoms with Gasteiger partial charge in [-0.1, -0.05) is 31.6 Å². The van der Waals surface area contributed by atoms with E-state index in [1.165, 1.54) is 18.1 Å². The summed E-state index contributed by atoms with van der Waals surface area (Å²) >= 11 is 0. The first-order chi connectivity index (χ1) is 14.2. The SMILES string of the molecule is COc1cc(COC(C)=O)c(C=CC2=C(C)CCC3(OCCO3)C2(C)C)c(OC)c1. The lowest BCUT2D eigenvalue weighted by Crippen LogP contribution is -2.49. The minimum absolute atomic E-state index is 0.139. The molecule has 1 aromatic rings. The molecule has 6 heteroatoms. The second-order valence-electron chi connectivity index (χ2n) is 8.28. The third-order valence-corrected chi connectivity index (χ3v) is 6.17. The van der Waals surface area contributed by atoms with Crippen molar-refractivity contribution < 1.29 is 28.5 Å². The molecule has 1 fully saturated rings. The molecule has 0 unspecified atom stereocenters. The lowest BCUT2D eigenvalue weighted by atomic mass is 9.68. The van der Waals surface area contributed by atoms with E-state index >= 15 is 0 Å². The maximum absolute atomic E-state index is 11.4. The molecular formula is C24H32O6. The fourth-order valence-corrected chi connectivity index (χ4v) is 4.45. The summed E-state index contributed by atoms with van der Waals surface area (Å²) in [5.41, 5.74) is 3.86. The molecule has 0 aromatic heterocycles. The van der Waals surface area contributed by atoms with Crippen LogP contribution in [0.15, 0.2) is 29.4 Å². The Morgan fingerprint density at radius 1 is 1.13 bits per heavy atom. The third-order valence-electron chi connectivity index (χ3n) is 6.17. The summed E-state index contributed by atoms with van der Waals surface area (Å²) in [6.45, 7) is 9.29. The van der Waals surface area contributed by atoms with Crippen molar-refractivity contribution in [2.75, 3.05) is 27.4 Å². The van der Waals surface area contributed by atoms with Gasteiger partial charge in [-0.15, -0.1) is 0 Å². The van der Waals surface area contributed by atoms with E-state index in [4.69, 9.17) is 23.7 Å². The summed E-state index contributed by atoms with van der Waals surface area (Å²) in [6.07, 6.45) is 5.91. The van der Waals surface area contributed by atoms with E-state index < -0.39 is 5.79 Å². The molecule has 0 saturated carbocycles. The van der Waals surface area contributed by atoms with Crippen LogP contribution in [0.1, 0.15) is 51.7 Å². The molecule has 0 N–H and O–H groups in total. The summed E-state index contributed by atoms with van der Waals surface area (Å²) in [7, 11) is 3.21. The summed E-state index contributed by atoms with van der Waals surface area (Å²) < 4.78 is 28.5. The minimum Gasteiger partial charge on any atom is -0.497 e. The van der Waals surface area contributed by atoms with Crippen LogP contribution in [0.25, 0.3) is 6.08 Å². The molecular weight excluding hydrogens is 384 g/mol. The second-order valence-corrected chi connectivity index (χ2v) is 8.28. The van der Waals surface area contributed by atoms with Gasteiger partial charge in [0.1, 0.15) is 18.1 Å². The monoisotopic (exact) mass is 416 g/mol. The van der Waals surface area contributed by atoms with Crippen LogP contribution in [-0.2, 0) is 25.6 Å². The Kier molecular flexibility index (Phi) is 6.58. The molecule has 3 rings (SSSR count). The predicted octanol–water partition coefficient (Wildman–Crippen LogP) is 4.66. The third kappa shape index (κ3) is 4.12. The Bertz CT molecular complexity index is 859. The number of methoxy groups -OCH3 is 2. The average Bonchev–Trinajstić information content (AvgIpc) is 3.20. The van der Waals surface area contributed by atoms with Crippen LogP contribution in [0.4, 0.5) is 0 Å². The average molecular weight is 417 g/mol. The van der Waals surface area contributed by atoms with E-state index in [2.05, 4.69) is 26.8 Å². The lowest BCUT2D eigenvalue weighted by molar-refractivity contribution is -0.223. The van der Waals surface area contributed by atoms with Crippen molar-refractivity contribution in [1.82, 2.24) is 0 Å². The van der Waals surface area contributed by atoms with Gasteiger partial charge in [0, 0.05) is 36.0 Å². The Morgan fingerprint density at radius 2 is 1.83 bits per heavy atom. The molecule has 164 valence electrons. The summed E-state index contributed by atoms with van der Waals surface area (Å²) in [5, 5.41) is 0. The summed E-state index contributed by atoms with van der Waals surface area (Å²) in [4.78, 5) is 11.4. The molecule has 1 aliphatic heterocycles. The van der Waals surface area contributed by atoms with Gasteiger partial charge in [-0.2, -0.15) is 0 Å². The van der Waals surface area contributed by atoms with Gasteiger partial charge in [0.25, 0.3) is 0 Å². The van der Waals surface area contributed by atoms with E-state index in [1.54, 1.807) is 14.2 Å². The highest BCUT2D eigenvalue weighted by atomic mass is 16.7. The smallest absolute Gasteiger partial charge is 0.302 e. The van der Waals surface area contributed by atoms with Crippen molar-refractivity contribution in [3.05, 3.63) is 40.5 Å². The first-order valence-electron chi connectivity index (χ1n) is 10.3. The number of benzene rings is 1. The summed E-state index contributed by atoms with van der Waals surface area (Å²) in [5.74, 6) is 0.377. The quantitative estimate of drug-likeness (QED) is 0.629. The van der Waals surface area contributed by atoms with Crippen LogP contribution in [0.5, 0.6) is 11.5 Å². The molecule has 0 amide bonds. The van der Waals surface area contributed by atoms with Gasteiger partial charge in [0.05, 0.1) is 27.4 Å². The zero-order valence-corrected chi connectivity index (χ0v) is 18.8. The number of allylic oxidation sites excluding steroid dienone is 2. The lowest BCUT2D eigenvalue weighted by Gasteiger charge is -2.47. The van der Waals surface area contributed by atoms with Gasteiger partial charge in [-0.05, 0) is 25.0 Å². The van der Waals surface area contributed by atoms with E-state index in [0.29, 0.717) is 24.7 Å². The van der Waals surface area contributed by atoms with Crippen molar-refractivity contribution in [3.8, 4) is 11.5 Å². The normalized spacial score (nSPS) is 20.1. The number of hydrogen-bond donors (Lipinski definition) is 0. The van der Waals surface area contributed by atoms with E-state index in [0.717, 1.165) is 24.0 Å². The van der Waals surface area contributed by atoms with Crippen LogP contribution in [0.2, 0.25) is 0 Å². The van der Waals surface area contributed by atoms with Gasteiger partial charge < -0.3 is 23.7 Å². The van der Waals surface area contributed by atoms with Crippen LogP contribution < -0.4 is 9.47 Å². The van der Waals surface area contributed by atoms with Crippen LogP contribution in [0.3, 0.4) is 0 Å². The number of rotatable bonds is 6. The maximum atomic E-state index is 11.4. The molecule has 0 atom stereocenters. The maximum Gasteiger partial charge on any atom is 0.302 e. The van der Waals surface area contributed by atoms with Gasteiger partial charge in [-0.3, -0.25) is 4.79 Å². The number of hydrogen-bond acceptors (Lipinski definition) is 6. The van der Waals surface area contributed by atoms with E-state index in [9.17, 15) is 4.79 Å². The Labute approximate surface area is 178 Å². The first kappa shape index (κ1) is 22.4. The van der Waals surface area contributed by atoms with E-state index in [-0.39, 0.29) is 18.0 Å². The van der Waals surface area contributed by atoms with Crippen molar-refractivity contribution in [1.29, 1.82) is 0 Å². The Morgan fingerprint density at radius 3 is 2.43 bits per heavy atom. The van der Waals surface area contributed by atoms with Crippen molar-refractivity contribution in [2.24, 2.45) is 5.41 Å². The molecule has 30 heavy (non-hydrogen) atoms. The fourth-order valence-electron chi connectivity index (χ4n) is 4.45. The topological polar surface area (TPSA) is 63.2 Å². The van der Waals surface area contributed by atoms with Gasteiger partial charge in [0.2, 0.25) is 0 Å². The van der Waals surface area contributed by atoms with Gasteiger partial charge >= 0.3 is 5.97 Å². The predicted molar refractivity (Wildman–Crippen MR) is 114 cm³/mol. The van der Waals surface area contributed by atoms with Gasteiger partial charge in [0.15, 0.2) is 5.79 Å². The second kappa shape index (κ2) is 8.82. The fraction of sp³-hybridized carbons (Fsp3) is 0.542. The summed E-state index contributed by atoms with van der Waals surface area (Å²) in [6, 6.07) is 3.69. The van der Waals surface area contributed by atoms with E-state index in [1.807, 2.05) is 18.2 Å². The molecule has 0 bridgehead atoms. The molecule has 0 radical (unpaired) electrons. The van der Waals surface area contributed by atoms with Crippen molar-refractivity contribution >= 4 is 12.0 Å². The Hall–Kier alpha value is -2.31. The van der Waals surface area contributed by atoms with Crippen molar-refractivity contribution in [3.63, 3.8) is 0 Å². The standard InChI is InChI=1S/C24H32O6/c1-16-9-10-24(29-11-12-30-24)23(3,4)21(16)8-7-20-18(15-28-17(2)25)13-19(26-5)14-22(20)27-6/h7-8,13-14H,9-12,15H2,1-6H3. The zero-order valence-electron chi connectivity index (χ0n) is 18.8. The molecule has 2 aliphatic rings. The molecule has 1 heterocycles. The van der Waals surface area contributed by atoms with Crippen LogP contribution in [-0.4, -0.2) is 39.2 Å². The number of esters is 1. The highest BCUT2D eigenvalue weighted by Gasteiger charge is 2.53. The first-order valence-corrected chi connectivity index (χ1v) is 10.3. The Balaban J connectivity index is 2.02. The molecule has 1 aliphatic carbocycles. The largest absolute Gasteiger partial charge is 0.497 e. The molecule has 1 spiro atoms. The van der Waals surface area contributed by atoms with Crippen LogP contribution in [0, 0.1) is 5.41 Å². The molecule has 6 nitrogen and oxygen atoms in total. The highest BCUT2D eigenvalue weighted by molar-refractivity contribution is 5.68. The van der Waals surface area contributed by atoms with Crippen molar-refractivity contribution in [2.45, 2.75) is 52.9 Å². The number of carbonyl (C=O) groups excluding carboxylic acids is 1. The van der Waals surface area contributed by atoms with Gasteiger partial charge in [-0.25, -0.2) is 0 Å². The molecule has 1 aromatic carbocycles. The minimum atomic E-state index is -0.587. The number of carbonyl (C=O) groups is 1. The number of ether oxygens (including phenoxy) is 5.